The van der Waals surface area contributed by atoms with Gasteiger partial charge in [0, 0.05) is 24.5 Å². The number of hydrogen-bond donors (Lipinski definition) is 1. The Balaban J connectivity index is 1.54. The van der Waals surface area contributed by atoms with Gasteiger partial charge in [0.25, 0.3) is 0 Å². The molecular weight excluding hydrogens is 324 g/mol. The zero-order valence-electron chi connectivity index (χ0n) is 13.3. The highest BCUT2D eigenvalue weighted by molar-refractivity contribution is 8.14. The van der Waals surface area contributed by atoms with E-state index in [9.17, 15) is 4.79 Å². The van der Waals surface area contributed by atoms with E-state index in [2.05, 4.69) is 34.2 Å². The van der Waals surface area contributed by atoms with Crippen LogP contribution >= 0.6 is 11.8 Å². The summed E-state index contributed by atoms with van der Waals surface area (Å²) in [6, 6.07) is 7.84. The summed E-state index contributed by atoms with van der Waals surface area (Å²) in [6.45, 7) is 3.46. The lowest BCUT2D eigenvalue weighted by molar-refractivity contribution is -0.137. The second-order valence-electron chi connectivity index (χ2n) is 5.54. The van der Waals surface area contributed by atoms with Crippen LogP contribution in [0.4, 0.5) is 5.69 Å². The summed E-state index contributed by atoms with van der Waals surface area (Å²) in [5.74, 6) is -0.344. The van der Waals surface area contributed by atoms with Crippen LogP contribution < -0.4 is 4.90 Å². The summed E-state index contributed by atoms with van der Waals surface area (Å²) in [4.78, 5) is 17.3. The summed E-state index contributed by atoms with van der Waals surface area (Å²) >= 11 is 1.48. The molecule has 1 aromatic rings. The molecule has 126 valence electrons. The van der Waals surface area contributed by atoms with Crippen molar-refractivity contribution in [2.45, 2.75) is 6.04 Å². The van der Waals surface area contributed by atoms with Gasteiger partial charge in [0.2, 0.25) is 0 Å². The lowest BCUT2D eigenvalue weighted by Gasteiger charge is -2.28. The van der Waals surface area contributed by atoms with Crippen molar-refractivity contribution in [3.63, 3.8) is 0 Å². The smallest absolute Gasteiger partial charge is 0.329 e. The van der Waals surface area contributed by atoms with Gasteiger partial charge >= 0.3 is 5.97 Å². The van der Waals surface area contributed by atoms with Crippen LogP contribution in [0.3, 0.4) is 0 Å². The second kappa shape index (κ2) is 8.17. The first-order chi connectivity index (χ1) is 11.7. The summed E-state index contributed by atoms with van der Waals surface area (Å²) < 4.78 is 5.37. The number of hydrogen-bond acceptors (Lipinski definition) is 5. The van der Waals surface area contributed by atoms with Crippen molar-refractivity contribution in [1.82, 2.24) is 0 Å². The molecule has 0 spiro atoms. The maximum atomic E-state index is 10.8. The molecule has 0 amide bonds. The number of benzene rings is 1. The first-order valence-corrected chi connectivity index (χ1v) is 8.92. The third kappa shape index (κ3) is 4.49. The molecular formula is C18H20N2O3S. The van der Waals surface area contributed by atoms with Crippen LogP contribution in [0.1, 0.15) is 5.56 Å². The first-order valence-electron chi connectivity index (χ1n) is 7.93. The van der Waals surface area contributed by atoms with Crippen molar-refractivity contribution in [2.24, 2.45) is 4.99 Å². The van der Waals surface area contributed by atoms with Gasteiger partial charge in [0.1, 0.15) is 0 Å². The highest BCUT2D eigenvalue weighted by atomic mass is 32.2. The van der Waals surface area contributed by atoms with E-state index in [1.165, 1.54) is 17.4 Å². The summed E-state index contributed by atoms with van der Waals surface area (Å²) in [6.07, 6.45) is 7.72. The number of carboxylic acids is 1. The normalized spacial score (nSPS) is 21.6. The van der Waals surface area contributed by atoms with E-state index in [4.69, 9.17) is 9.84 Å². The van der Waals surface area contributed by atoms with Crippen LogP contribution in [0, 0.1) is 0 Å². The summed E-state index contributed by atoms with van der Waals surface area (Å²) in [7, 11) is 0. The molecule has 2 heterocycles. The Labute approximate surface area is 145 Å². The van der Waals surface area contributed by atoms with Crippen LogP contribution in [0.5, 0.6) is 0 Å². The van der Waals surface area contributed by atoms with Gasteiger partial charge < -0.3 is 14.7 Å². The summed E-state index contributed by atoms with van der Waals surface area (Å²) in [5, 5.41) is 9.67. The highest BCUT2D eigenvalue weighted by Crippen LogP contribution is 2.19. The number of morpholine rings is 1. The second-order valence-corrected chi connectivity index (χ2v) is 6.58. The average molecular weight is 344 g/mol. The third-order valence-electron chi connectivity index (χ3n) is 3.87. The Morgan fingerprint density at radius 3 is 2.58 bits per heavy atom. The molecule has 2 aliphatic rings. The molecule has 1 fully saturated rings. The van der Waals surface area contributed by atoms with E-state index < -0.39 is 12.0 Å². The van der Waals surface area contributed by atoms with Crippen LogP contribution in [0.2, 0.25) is 0 Å². The molecule has 1 saturated heterocycles. The topological polar surface area (TPSA) is 62.1 Å². The minimum absolute atomic E-state index is 0.516. The van der Waals surface area contributed by atoms with Gasteiger partial charge in [-0.05, 0) is 23.8 Å². The van der Waals surface area contributed by atoms with E-state index in [1.807, 2.05) is 24.3 Å². The fourth-order valence-corrected chi connectivity index (χ4v) is 3.45. The van der Waals surface area contributed by atoms with E-state index >= 15 is 0 Å². The number of anilines is 1. The van der Waals surface area contributed by atoms with Crippen molar-refractivity contribution in [3.05, 3.63) is 48.1 Å². The zero-order chi connectivity index (χ0) is 16.8. The van der Waals surface area contributed by atoms with Crippen molar-refractivity contribution < 1.29 is 14.6 Å². The number of aliphatic imine (C=N–C) groups is 1. The Hall–Kier alpha value is -2.05. The van der Waals surface area contributed by atoms with Crippen LogP contribution in [0.25, 0.3) is 6.08 Å². The molecule has 0 unspecified atom stereocenters. The number of allylic oxidation sites excluding steroid dienone is 2. The molecule has 24 heavy (non-hydrogen) atoms. The fraction of sp³-hybridized carbons (Fsp3) is 0.333. The number of thioether (sulfide) groups is 1. The first kappa shape index (κ1) is 16.8. The number of carbonyl (C=O) groups is 1. The lowest BCUT2D eigenvalue weighted by atomic mass is 10.1. The molecule has 1 atom stereocenters. The number of carboxylic acid groups (broad SMARTS) is 1. The number of ether oxygens (including phenoxy) is 1. The molecule has 0 bridgehead atoms. The van der Waals surface area contributed by atoms with Gasteiger partial charge in [-0.1, -0.05) is 30.4 Å². The van der Waals surface area contributed by atoms with Gasteiger partial charge in [-0.25, -0.2) is 4.79 Å². The van der Waals surface area contributed by atoms with E-state index in [-0.39, 0.29) is 0 Å². The molecule has 3 rings (SSSR count). The molecule has 5 nitrogen and oxygen atoms in total. The van der Waals surface area contributed by atoms with Crippen LogP contribution in [0.15, 0.2) is 47.5 Å². The van der Waals surface area contributed by atoms with Gasteiger partial charge in [0.05, 0.1) is 18.3 Å². The van der Waals surface area contributed by atoms with Crippen molar-refractivity contribution in [2.75, 3.05) is 37.0 Å². The lowest BCUT2D eigenvalue weighted by Crippen LogP contribution is -2.36. The number of nitrogens with zero attached hydrogens (tertiary/aromatic N) is 2. The Morgan fingerprint density at radius 1 is 1.21 bits per heavy atom. The Bertz CT molecular complexity index is 661. The van der Waals surface area contributed by atoms with Crippen molar-refractivity contribution >= 4 is 34.5 Å². The molecule has 0 aliphatic carbocycles. The van der Waals surface area contributed by atoms with E-state index in [1.54, 1.807) is 0 Å². The third-order valence-corrected chi connectivity index (χ3v) is 4.88. The number of aliphatic carboxylic acids is 1. The number of rotatable bonds is 5. The quantitative estimate of drug-likeness (QED) is 0.832. The predicted molar refractivity (Wildman–Crippen MR) is 99.0 cm³/mol. The Morgan fingerprint density at radius 2 is 1.92 bits per heavy atom. The zero-order valence-corrected chi connectivity index (χ0v) is 14.1. The van der Waals surface area contributed by atoms with Gasteiger partial charge in [-0.3, -0.25) is 4.99 Å². The molecule has 0 radical (unpaired) electrons. The standard InChI is InChI=1S/C18H20N2O3S/c21-18(22)16-13-24-17(19-16)4-2-1-3-14-5-7-15(8-6-14)20-9-11-23-12-10-20/h1-8,16H,9-13H2,(H,21,22)/b3-1+,4-2+/t16-/m1/s1. The molecule has 0 aromatic heterocycles. The fourth-order valence-electron chi connectivity index (χ4n) is 2.53. The van der Waals surface area contributed by atoms with Gasteiger partial charge in [-0.2, -0.15) is 0 Å². The maximum Gasteiger partial charge on any atom is 0.329 e. The Kier molecular flexibility index (Phi) is 5.72. The van der Waals surface area contributed by atoms with E-state index in [0.717, 1.165) is 36.9 Å². The SMILES string of the molecule is O=C(O)[C@H]1CSC(/C=C/C=C/c2ccc(N3CCOCC3)cc2)=N1. The predicted octanol–water partition coefficient (Wildman–Crippen LogP) is 2.69. The van der Waals surface area contributed by atoms with Crippen molar-refractivity contribution in [1.29, 1.82) is 0 Å². The molecule has 0 saturated carbocycles. The molecule has 6 heteroatoms. The van der Waals surface area contributed by atoms with Gasteiger partial charge in [0.15, 0.2) is 6.04 Å². The molecule has 1 N–H and O–H groups in total. The minimum Gasteiger partial charge on any atom is -0.480 e. The monoisotopic (exact) mass is 344 g/mol. The van der Waals surface area contributed by atoms with Crippen molar-refractivity contribution in [3.8, 4) is 0 Å². The maximum absolute atomic E-state index is 10.8. The van der Waals surface area contributed by atoms with Crippen LogP contribution in [-0.2, 0) is 9.53 Å². The molecule has 1 aromatic carbocycles. The minimum atomic E-state index is -0.859. The summed E-state index contributed by atoms with van der Waals surface area (Å²) in [5.41, 5.74) is 2.35. The molecule has 2 aliphatic heterocycles. The van der Waals surface area contributed by atoms with Crippen LogP contribution in [-0.4, -0.2) is 54.2 Å². The highest BCUT2D eigenvalue weighted by Gasteiger charge is 2.22. The van der Waals surface area contributed by atoms with Gasteiger partial charge in [-0.15, -0.1) is 11.8 Å². The van der Waals surface area contributed by atoms with E-state index in [0.29, 0.717) is 5.75 Å². The average Bonchev–Trinajstić information content (AvgIpc) is 3.09. The largest absolute Gasteiger partial charge is 0.480 e.